The Morgan fingerprint density at radius 1 is 1.14 bits per heavy atom. The smallest absolute Gasteiger partial charge is 0.213 e. The van der Waals surface area contributed by atoms with Crippen LogP contribution in [0.5, 0.6) is 0 Å². The molecule has 162 valence electrons. The Morgan fingerprint density at radius 3 is 2.48 bits per heavy atom. The molecule has 0 unspecified atom stereocenters. The molecule has 1 aliphatic heterocycles. The molecule has 0 aromatic heterocycles. The highest BCUT2D eigenvalue weighted by Crippen LogP contribution is 2.25. The average molecular weight is 422 g/mol. The fourth-order valence-corrected chi connectivity index (χ4v) is 4.69. The SMILES string of the molecule is CCNC(=NCCS(=O)(=O)NCC1CCC1)NC1CCN(c2ccccc2)CC1. The van der Waals surface area contributed by atoms with E-state index in [9.17, 15) is 8.42 Å². The Kier molecular flexibility index (Phi) is 8.18. The van der Waals surface area contributed by atoms with Crippen molar-refractivity contribution in [3.63, 3.8) is 0 Å². The van der Waals surface area contributed by atoms with Crippen molar-refractivity contribution in [3.05, 3.63) is 30.3 Å². The molecule has 1 aromatic carbocycles. The molecule has 0 amide bonds. The summed E-state index contributed by atoms with van der Waals surface area (Å²) < 4.78 is 27.0. The molecule has 3 N–H and O–H groups in total. The summed E-state index contributed by atoms with van der Waals surface area (Å²) >= 11 is 0. The van der Waals surface area contributed by atoms with Gasteiger partial charge in [0.25, 0.3) is 0 Å². The summed E-state index contributed by atoms with van der Waals surface area (Å²) in [6.45, 7) is 5.61. The lowest BCUT2D eigenvalue weighted by atomic mass is 9.86. The lowest BCUT2D eigenvalue weighted by molar-refractivity contribution is 0.316. The Balaban J connectivity index is 1.43. The van der Waals surface area contributed by atoms with Gasteiger partial charge < -0.3 is 15.5 Å². The lowest BCUT2D eigenvalue weighted by Gasteiger charge is -2.34. The van der Waals surface area contributed by atoms with Crippen molar-refractivity contribution < 1.29 is 8.42 Å². The third-order valence-corrected chi connectivity index (χ3v) is 7.07. The second kappa shape index (κ2) is 10.8. The molecule has 3 rings (SSSR count). The van der Waals surface area contributed by atoms with Gasteiger partial charge in [-0.2, -0.15) is 0 Å². The molecule has 1 saturated carbocycles. The molecule has 1 aromatic rings. The number of hydrogen-bond donors (Lipinski definition) is 3. The monoisotopic (exact) mass is 421 g/mol. The van der Waals surface area contributed by atoms with Crippen LogP contribution in [-0.2, 0) is 10.0 Å². The molecular formula is C21H35N5O2S. The van der Waals surface area contributed by atoms with Crippen LogP contribution in [0.1, 0.15) is 39.0 Å². The minimum atomic E-state index is -3.25. The summed E-state index contributed by atoms with van der Waals surface area (Å²) in [4.78, 5) is 6.90. The van der Waals surface area contributed by atoms with Crippen LogP contribution < -0.4 is 20.3 Å². The number of rotatable bonds is 9. The van der Waals surface area contributed by atoms with Crippen molar-refractivity contribution in [2.45, 2.75) is 45.1 Å². The second-order valence-corrected chi connectivity index (χ2v) is 9.89. The van der Waals surface area contributed by atoms with E-state index in [1.165, 1.54) is 12.1 Å². The zero-order valence-electron chi connectivity index (χ0n) is 17.4. The standard InChI is InChI=1S/C21H35N5O2S/c1-2-22-21(23-13-16-29(27,28)24-17-18-7-6-8-18)25-19-11-14-26(15-12-19)20-9-4-3-5-10-20/h3-5,9-10,18-19,24H,2,6-8,11-17H2,1H3,(H2,22,23,25). The predicted molar refractivity (Wildman–Crippen MR) is 120 cm³/mol. The molecule has 0 spiro atoms. The Labute approximate surface area is 175 Å². The quantitative estimate of drug-likeness (QED) is 0.419. The maximum atomic E-state index is 12.1. The van der Waals surface area contributed by atoms with E-state index in [4.69, 9.17) is 0 Å². The minimum absolute atomic E-state index is 0.0305. The van der Waals surface area contributed by atoms with Crippen LogP contribution in [0.25, 0.3) is 0 Å². The van der Waals surface area contributed by atoms with Crippen molar-refractivity contribution in [1.82, 2.24) is 15.4 Å². The first-order valence-electron chi connectivity index (χ1n) is 10.9. The summed E-state index contributed by atoms with van der Waals surface area (Å²) in [5, 5.41) is 6.72. The topological polar surface area (TPSA) is 85.8 Å². The molecule has 1 aliphatic carbocycles. The summed E-state index contributed by atoms with van der Waals surface area (Å²) in [6, 6.07) is 10.8. The van der Waals surface area contributed by atoms with Crippen LogP contribution in [0.2, 0.25) is 0 Å². The lowest BCUT2D eigenvalue weighted by Crippen LogP contribution is -2.49. The Hall–Kier alpha value is -1.80. The van der Waals surface area contributed by atoms with E-state index >= 15 is 0 Å². The fraction of sp³-hybridized carbons (Fsp3) is 0.667. The number of nitrogens with one attached hydrogen (secondary N) is 3. The fourth-order valence-electron chi connectivity index (χ4n) is 3.73. The highest BCUT2D eigenvalue weighted by molar-refractivity contribution is 7.89. The average Bonchev–Trinajstić information content (AvgIpc) is 2.68. The number of anilines is 1. The highest BCUT2D eigenvalue weighted by atomic mass is 32.2. The van der Waals surface area contributed by atoms with E-state index in [1.54, 1.807) is 0 Å². The summed E-state index contributed by atoms with van der Waals surface area (Å²) in [7, 11) is -3.25. The molecule has 2 aliphatic rings. The molecule has 2 fully saturated rings. The van der Waals surface area contributed by atoms with Gasteiger partial charge in [-0.05, 0) is 50.7 Å². The number of piperidine rings is 1. The highest BCUT2D eigenvalue weighted by Gasteiger charge is 2.21. The number of hydrogen-bond acceptors (Lipinski definition) is 4. The first kappa shape index (κ1) is 21.9. The normalized spacial score (nSPS) is 19.1. The predicted octanol–water partition coefficient (Wildman–Crippen LogP) is 1.93. The van der Waals surface area contributed by atoms with Crippen molar-refractivity contribution >= 4 is 21.7 Å². The van der Waals surface area contributed by atoms with Crippen LogP contribution in [0.4, 0.5) is 5.69 Å². The zero-order valence-corrected chi connectivity index (χ0v) is 18.3. The molecule has 0 radical (unpaired) electrons. The van der Waals surface area contributed by atoms with Crippen LogP contribution in [0.15, 0.2) is 35.3 Å². The first-order chi connectivity index (χ1) is 14.1. The van der Waals surface area contributed by atoms with E-state index in [2.05, 4.69) is 49.5 Å². The third kappa shape index (κ3) is 7.19. The number of nitrogens with zero attached hydrogens (tertiary/aromatic N) is 2. The molecule has 7 nitrogen and oxygen atoms in total. The maximum Gasteiger partial charge on any atom is 0.213 e. The molecule has 1 saturated heterocycles. The van der Waals surface area contributed by atoms with E-state index in [0.29, 0.717) is 24.5 Å². The van der Waals surface area contributed by atoms with E-state index in [1.807, 2.05) is 13.0 Å². The summed E-state index contributed by atoms with van der Waals surface area (Å²) in [5.41, 5.74) is 1.27. The number of sulfonamides is 1. The van der Waals surface area contributed by atoms with Gasteiger partial charge in [-0.1, -0.05) is 24.6 Å². The van der Waals surface area contributed by atoms with Gasteiger partial charge in [-0.25, -0.2) is 13.1 Å². The zero-order chi connectivity index (χ0) is 20.5. The van der Waals surface area contributed by atoms with Crippen molar-refractivity contribution in [2.24, 2.45) is 10.9 Å². The van der Waals surface area contributed by atoms with Crippen molar-refractivity contribution in [1.29, 1.82) is 0 Å². The van der Waals surface area contributed by atoms with Crippen LogP contribution in [-0.4, -0.2) is 58.9 Å². The first-order valence-corrected chi connectivity index (χ1v) is 12.5. The number of aliphatic imine (C=N–C) groups is 1. The molecular weight excluding hydrogens is 386 g/mol. The molecule has 8 heteroatoms. The van der Waals surface area contributed by atoms with E-state index in [-0.39, 0.29) is 12.3 Å². The van der Waals surface area contributed by atoms with Crippen LogP contribution >= 0.6 is 0 Å². The second-order valence-electron chi connectivity index (χ2n) is 7.97. The van der Waals surface area contributed by atoms with Crippen molar-refractivity contribution in [3.8, 4) is 0 Å². The molecule has 0 bridgehead atoms. The Bertz CT molecular complexity index is 742. The molecule has 29 heavy (non-hydrogen) atoms. The van der Waals surface area contributed by atoms with E-state index in [0.717, 1.165) is 45.3 Å². The minimum Gasteiger partial charge on any atom is -0.371 e. The number of guanidine groups is 1. The van der Waals surface area contributed by atoms with E-state index < -0.39 is 10.0 Å². The van der Waals surface area contributed by atoms with Gasteiger partial charge in [-0.15, -0.1) is 0 Å². The Morgan fingerprint density at radius 2 is 1.86 bits per heavy atom. The number of para-hydroxylation sites is 1. The van der Waals surface area contributed by atoms with Gasteiger partial charge in [0.1, 0.15) is 0 Å². The van der Waals surface area contributed by atoms with Gasteiger partial charge in [0.05, 0.1) is 12.3 Å². The number of benzene rings is 1. The van der Waals surface area contributed by atoms with Gasteiger partial charge in [0, 0.05) is 37.9 Å². The molecule has 1 heterocycles. The maximum absolute atomic E-state index is 12.1. The largest absolute Gasteiger partial charge is 0.371 e. The van der Waals surface area contributed by atoms with Gasteiger partial charge >= 0.3 is 0 Å². The summed E-state index contributed by atoms with van der Waals surface area (Å²) in [6.07, 6.45) is 5.55. The van der Waals surface area contributed by atoms with Gasteiger partial charge in [0.15, 0.2) is 5.96 Å². The van der Waals surface area contributed by atoms with Gasteiger partial charge in [-0.3, -0.25) is 4.99 Å². The molecule has 0 atom stereocenters. The van der Waals surface area contributed by atoms with Crippen LogP contribution in [0.3, 0.4) is 0 Å². The summed E-state index contributed by atoms with van der Waals surface area (Å²) in [5.74, 6) is 1.26. The van der Waals surface area contributed by atoms with Crippen LogP contribution in [0, 0.1) is 5.92 Å². The van der Waals surface area contributed by atoms with Crippen molar-refractivity contribution in [2.75, 3.05) is 43.4 Å². The third-order valence-electron chi connectivity index (χ3n) is 5.75. The van der Waals surface area contributed by atoms with Gasteiger partial charge in [0.2, 0.25) is 10.0 Å².